The number of nitrogens with one attached hydrogen (secondary N) is 1. The van der Waals surface area contributed by atoms with Crippen molar-refractivity contribution < 1.29 is 5.11 Å². The summed E-state index contributed by atoms with van der Waals surface area (Å²) in [7, 11) is 0. The van der Waals surface area contributed by atoms with Crippen LogP contribution in [0.2, 0.25) is 0 Å². The highest BCUT2D eigenvalue weighted by Crippen LogP contribution is 2.16. The molecule has 0 saturated carbocycles. The Morgan fingerprint density at radius 3 is 3.10 bits per heavy atom. The Hall–Kier alpha value is -0.0800. The molecule has 0 spiro atoms. The third-order valence-electron chi connectivity index (χ3n) is 2.22. The van der Waals surface area contributed by atoms with E-state index in [0.29, 0.717) is 12.5 Å². The summed E-state index contributed by atoms with van der Waals surface area (Å²) < 4.78 is 0. The lowest BCUT2D eigenvalue weighted by Gasteiger charge is -2.12. The molecule has 2 nitrogen and oxygen atoms in total. The molecule has 1 aliphatic heterocycles. The lowest BCUT2D eigenvalue weighted by Crippen LogP contribution is -2.18. The van der Waals surface area contributed by atoms with Crippen LogP contribution in [0.5, 0.6) is 0 Å². The van der Waals surface area contributed by atoms with E-state index in [1.807, 2.05) is 0 Å². The maximum absolute atomic E-state index is 8.91. The zero-order valence-electron chi connectivity index (χ0n) is 6.64. The fourth-order valence-electron chi connectivity index (χ4n) is 1.59. The highest BCUT2D eigenvalue weighted by atomic mass is 16.3. The second kappa shape index (κ2) is 3.94. The second-order valence-electron chi connectivity index (χ2n) is 3.38. The van der Waals surface area contributed by atoms with Crippen LogP contribution in [0, 0.1) is 11.8 Å². The van der Waals surface area contributed by atoms with E-state index in [2.05, 4.69) is 12.2 Å². The molecule has 0 aromatic rings. The third-order valence-corrected chi connectivity index (χ3v) is 2.22. The monoisotopic (exact) mass is 143 g/mol. The van der Waals surface area contributed by atoms with E-state index in [0.717, 1.165) is 25.4 Å². The average Bonchev–Trinajstić information content (AvgIpc) is 2.13. The van der Waals surface area contributed by atoms with Crippen LogP contribution in [0.4, 0.5) is 0 Å². The molecule has 60 valence electrons. The smallest absolute Gasteiger partial charge is 0.0459 e. The van der Waals surface area contributed by atoms with Crippen molar-refractivity contribution in [2.24, 2.45) is 11.8 Å². The Labute approximate surface area is 62.6 Å². The summed E-state index contributed by atoms with van der Waals surface area (Å²) >= 11 is 0. The predicted molar refractivity (Wildman–Crippen MR) is 41.8 cm³/mol. The Morgan fingerprint density at radius 1 is 1.60 bits per heavy atom. The number of hydrogen-bond donors (Lipinski definition) is 2. The van der Waals surface area contributed by atoms with E-state index in [1.54, 1.807) is 0 Å². The van der Waals surface area contributed by atoms with Crippen LogP contribution in [-0.2, 0) is 0 Å². The molecule has 1 saturated heterocycles. The maximum Gasteiger partial charge on any atom is 0.0459 e. The van der Waals surface area contributed by atoms with Gasteiger partial charge in [-0.25, -0.2) is 0 Å². The average molecular weight is 143 g/mol. The van der Waals surface area contributed by atoms with Gasteiger partial charge in [0.25, 0.3) is 0 Å². The largest absolute Gasteiger partial charge is 0.396 e. The van der Waals surface area contributed by atoms with Crippen LogP contribution in [0.3, 0.4) is 0 Å². The fourth-order valence-corrected chi connectivity index (χ4v) is 1.59. The first-order valence-corrected chi connectivity index (χ1v) is 4.14. The van der Waals surface area contributed by atoms with Crippen LogP contribution < -0.4 is 5.32 Å². The van der Waals surface area contributed by atoms with Crippen LogP contribution in [0.25, 0.3) is 0 Å². The number of hydrogen-bond acceptors (Lipinski definition) is 2. The number of aliphatic hydroxyl groups is 1. The van der Waals surface area contributed by atoms with Gasteiger partial charge in [0.2, 0.25) is 0 Å². The van der Waals surface area contributed by atoms with Crippen LogP contribution in [0.1, 0.15) is 19.8 Å². The molecular formula is C8H17NO. The Kier molecular flexibility index (Phi) is 3.16. The first kappa shape index (κ1) is 8.02. The molecular weight excluding hydrogens is 126 g/mol. The normalized spacial score (nSPS) is 35.4. The minimum Gasteiger partial charge on any atom is -0.396 e. The molecule has 2 unspecified atom stereocenters. The lowest BCUT2D eigenvalue weighted by atomic mass is 9.96. The molecule has 1 rings (SSSR count). The molecule has 2 N–H and O–H groups in total. The summed E-state index contributed by atoms with van der Waals surface area (Å²) in [6.45, 7) is 4.80. The molecule has 0 aromatic heterocycles. The summed E-state index contributed by atoms with van der Waals surface area (Å²) in [5.41, 5.74) is 0. The molecule has 1 fully saturated rings. The number of aliphatic hydroxyl groups excluding tert-OH is 1. The van der Waals surface area contributed by atoms with Gasteiger partial charge in [-0.2, -0.15) is 0 Å². The van der Waals surface area contributed by atoms with Gasteiger partial charge in [0.15, 0.2) is 0 Å². The van der Waals surface area contributed by atoms with Crippen molar-refractivity contribution in [2.45, 2.75) is 19.8 Å². The van der Waals surface area contributed by atoms with E-state index in [9.17, 15) is 0 Å². The highest BCUT2D eigenvalue weighted by Gasteiger charge is 2.15. The van der Waals surface area contributed by atoms with Crippen molar-refractivity contribution in [3.63, 3.8) is 0 Å². The molecule has 0 amide bonds. The van der Waals surface area contributed by atoms with Crippen molar-refractivity contribution in [2.75, 3.05) is 19.7 Å². The van der Waals surface area contributed by atoms with E-state index in [-0.39, 0.29) is 0 Å². The van der Waals surface area contributed by atoms with Gasteiger partial charge in [-0.3, -0.25) is 0 Å². The summed E-state index contributed by atoms with van der Waals surface area (Å²) in [6.07, 6.45) is 2.32. The van der Waals surface area contributed by atoms with Gasteiger partial charge < -0.3 is 10.4 Å². The molecule has 2 heteroatoms. The van der Waals surface area contributed by atoms with E-state index >= 15 is 0 Å². The Balaban J connectivity index is 2.30. The molecule has 0 aliphatic carbocycles. The van der Waals surface area contributed by atoms with Crippen molar-refractivity contribution >= 4 is 0 Å². The molecule has 10 heavy (non-hydrogen) atoms. The first-order valence-electron chi connectivity index (χ1n) is 4.14. The maximum atomic E-state index is 8.91. The van der Waals surface area contributed by atoms with Gasteiger partial charge >= 0.3 is 0 Å². The zero-order chi connectivity index (χ0) is 7.40. The molecule has 1 aliphatic rings. The van der Waals surface area contributed by atoms with E-state index in [4.69, 9.17) is 5.11 Å². The van der Waals surface area contributed by atoms with Gasteiger partial charge in [-0.1, -0.05) is 6.92 Å². The second-order valence-corrected chi connectivity index (χ2v) is 3.38. The van der Waals surface area contributed by atoms with Gasteiger partial charge in [0.1, 0.15) is 0 Å². The topological polar surface area (TPSA) is 32.3 Å². The van der Waals surface area contributed by atoms with Crippen LogP contribution in [-0.4, -0.2) is 24.8 Å². The standard InChI is InChI=1S/C8H17NO/c1-7-4-8(6-10)2-3-9-5-7/h7-10H,2-6H2,1H3. The van der Waals surface area contributed by atoms with E-state index in [1.165, 1.54) is 6.42 Å². The molecule has 0 aromatic carbocycles. The minimum absolute atomic E-state index is 0.367. The van der Waals surface area contributed by atoms with Crippen molar-refractivity contribution in [3.05, 3.63) is 0 Å². The minimum atomic E-state index is 0.367. The van der Waals surface area contributed by atoms with Crippen LogP contribution >= 0.6 is 0 Å². The zero-order valence-corrected chi connectivity index (χ0v) is 6.64. The molecule has 0 radical (unpaired) electrons. The van der Waals surface area contributed by atoms with Crippen molar-refractivity contribution in [3.8, 4) is 0 Å². The van der Waals surface area contributed by atoms with Crippen molar-refractivity contribution in [1.82, 2.24) is 5.32 Å². The van der Waals surface area contributed by atoms with E-state index < -0.39 is 0 Å². The Bertz CT molecular complexity index is 95.3. The summed E-state index contributed by atoms with van der Waals surface area (Å²) in [4.78, 5) is 0. The predicted octanol–water partition coefficient (Wildman–Crippen LogP) is 0.614. The van der Waals surface area contributed by atoms with Gasteiger partial charge in [-0.15, -0.1) is 0 Å². The first-order chi connectivity index (χ1) is 4.83. The summed E-state index contributed by atoms with van der Waals surface area (Å²) in [5.74, 6) is 1.28. The summed E-state index contributed by atoms with van der Waals surface area (Å²) in [6, 6.07) is 0. The van der Waals surface area contributed by atoms with Gasteiger partial charge in [-0.05, 0) is 37.8 Å². The molecule has 1 heterocycles. The fraction of sp³-hybridized carbons (Fsp3) is 1.00. The van der Waals surface area contributed by atoms with Crippen molar-refractivity contribution in [1.29, 1.82) is 0 Å². The third kappa shape index (κ3) is 2.27. The highest BCUT2D eigenvalue weighted by molar-refractivity contribution is 4.70. The SMILES string of the molecule is CC1CNCCC(CO)C1. The quantitative estimate of drug-likeness (QED) is 0.564. The Morgan fingerprint density at radius 2 is 2.40 bits per heavy atom. The summed E-state index contributed by atoms with van der Waals surface area (Å²) in [5, 5.41) is 12.3. The van der Waals surface area contributed by atoms with Crippen LogP contribution in [0.15, 0.2) is 0 Å². The molecule has 0 bridgehead atoms. The van der Waals surface area contributed by atoms with Gasteiger partial charge in [0, 0.05) is 6.61 Å². The lowest BCUT2D eigenvalue weighted by molar-refractivity contribution is 0.205. The van der Waals surface area contributed by atoms with Gasteiger partial charge in [0.05, 0.1) is 0 Å². The molecule has 2 atom stereocenters. The number of rotatable bonds is 1.